The fourth-order valence-corrected chi connectivity index (χ4v) is 3.40. The molecule has 2 aromatic heterocycles. The van der Waals surface area contributed by atoms with Crippen LogP contribution in [0, 0.1) is 10.8 Å². The minimum Gasteiger partial charge on any atom is -0.502 e. The third-order valence-electron chi connectivity index (χ3n) is 6.12. The number of aryl methyl sites for hydroxylation is 2. The molecule has 8 nitrogen and oxygen atoms in total. The SMILES string of the molecule is CC(C)(CCOCCOCCC(C)(C)CCc1cocc(O)c1=O)CCc1cc(=O)c(O)co1. The number of hydrogen-bond donors (Lipinski definition) is 2. The van der Waals surface area contributed by atoms with Gasteiger partial charge in [-0.1, -0.05) is 27.7 Å². The second kappa shape index (κ2) is 12.8. The van der Waals surface area contributed by atoms with Crippen molar-refractivity contribution in [2.75, 3.05) is 26.4 Å². The number of ether oxygens (including phenoxy) is 2. The Morgan fingerprint density at radius 1 is 0.765 bits per heavy atom. The Bertz CT molecular complexity index is 1000. The van der Waals surface area contributed by atoms with E-state index in [1.54, 1.807) is 0 Å². The van der Waals surface area contributed by atoms with Gasteiger partial charge in [-0.3, -0.25) is 9.59 Å². The molecule has 0 radical (unpaired) electrons. The number of hydrogen-bond acceptors (Lipinski definition) is 8. The summed E-state index contributed by atoms with van der Waals surface area (Å²) in [5.74, 6) is -0.157. The smallest absolute Gasteiger partial charge is 0.229 e. The zero-order valence-electron chi connectivity index (χ0n) is 20.7. The van der Waals surface area contributed by atoms with E-state index in [9.17, 15) is 19.8 Å². The van der Waals surface area contributed by atoms with Crippen LogP contribution >= 0.6 is 0 Å². The average Bonchev–Trinajstić information content (AvgIpc) is 2.77. The third-order valence-corrected chi connectivity index (χ3v) is 6.12. The van der Waals surface area contributed by atoms with Gasteiger partial charge in [-0.2, -0.15) is 0 Å². The second-order valence-corrected chi connectivity index (χ2v) is 10.3. The largest absolute Gasteiger partial charge is 0.502 e. The van der Waals surface area contributed by atoms with Crippen LogP contribution in [-0.4, -0.2) is 36.6 Å². The van der Waals surface area contributed by atoms with Gasteiger partial charge < -0.3 is 28.5 Å². The Morgan fingerprint density at radius 2 is 1.35 bits per heavy atom. The van der Waals surface area contributed by atoms with Crippen molar-refractivity contribution >= 4 is 0 Å². The predicted octanol–water partition coefficient (Wildman–Crippen LogP) is 4.44. The number of aromatic hydroxyl groups is 2. The third kappa shape index (κ3) is 9.73. The van der Waals surface area contributed by atoms with Crippen molar-refractivity contribution in [3.63, 3.8) is 0 Å². The molecule has 0 fully saturated rings. The first-order valence-electron chi connectivity index (χ1n) is 11.7. The van der Waals surface area contributed by atoms with Crippen LogP contribution in [0.2, 0.25) is 0 Å². The number of rotatable bonds is 15. The van der Waals surface area contributed by atoms with Crippen molar-refractivity contribution in [3.05, 3.63) is 56.6 Å². The highest BCUT2D eigenvalue weighted by Crippen LogP contribution is 2.28. The van der Waals surface area contributed by atoms with Gasteiger partial charge in [0.1, 0.15) is 18.3 Å². The summed E-state index contributed by atoms with van der Waals surface area (Å²) in [6, 6.07) is 1.34. The van der Waals surface area contributed by atoms with Gasteiger partial charge in [-0.25, -0.2) is 0 Å². The van der Waals surface area contributed by atoms with Crippen molar-refractivity contribution in [2.24, 2.45) is 10.8 Å². The van der Waals surface area contributed by atoms with E-state index in [4.69, 9.17) is 18.3 Å². The molecule has 0 spiro atoms. The highest BCUT2D eigenvalue weighted by Gasteiger charge is 2.20. The zero-order chi connectivity index (χ0) is 25.2. The molecule has 0 saturated heterocycles. The minimum absolute atomic E-state index is 0.0145. The molecule has 0 unspecified atom stereocenters. The Balaban J connectivity index is 1.55. The van der Waals surface area contributed by atoms with E-state index in [1.165, 1.54) is 12.3 Å². The van der Waals surface area contributed by atoms with Gasteiger partial charge in [0, 0.05) is 31.3 Å². The first-order chi connectivity index (χ1) is 16.0. The first-order valence-corrected chi connectivity index (χ1v) is 11.7. The van der Waals surface area contributed by atoms with Gasteiger partial charge in [0.05, 0.1) is 19.5 Å². The molecule has 0 saturated carbocycles. The van der Waals surface area contributed by atoms with E-state index in [-0.39, 0.29) is 27.8 Å². The van der Waals surface area contributed by atoms with Crippen molar-refractivity contribution in [2.45, 2.75) is 66.2 Å². The molecular formula is C26H38O8. The predicted molar refractivity (Wildman–Crippen MR) is 128 cm³/mol. The summed E-state index contributed by atoms with van der Waals surface area (Å²) in [5.41, 5.74) is -0.300. The van der Waals surface area contributed by atoms with E-state index in [1.807, 2.05) is 0 Å². The molecule has 2 heterocycles. The molecule has 0 amide bonds. The summed E-state index contributed by atoms with van der Waals surface area (Å²) < 4.78 is 21.7. The summed E-state index contributed by atoms with van der Waals surface area (Å²) in [4.78, 5) is 23.4. The molecule has 2 N–H and O–H groups in total. The lowest BCUT2D eigenvalue weighted by atomic mass is 9.83. The van der Waals surface area contributed by atoms with Crippen LogP contribution in [0.15, 0.2) is 43.3 Å². The van der Waals surface area contributed by atoms with Crippen LogP contribution in [0.1, 0.15) is 64.7 Å². The molecule has 0 bridgehead atoms. The molecule has 8 heteroatoms. The summed E-state index contributed by atoms with van der Waals surface area (Å²) in [6.45, 7) is 10.8. The normalized spacial score (nSPS) is 12.2. The van der Waals surface area contributed by atoms with Crippen LogP contribution in [0.25, 0.3) is 0 Å². The Kier molecular flexibility index (Phi) is 10.4. The van der Waals surface area contributed by atoms with E-state index in [2.05, 4.69) is 27.7 Å². The fourth-order valence-electron chi connectivity index (χ4n) is 3.40. The molecule has 0 aliphatic heterocycles. The standard InChI is InChI=1S/C26H38O8/c1-25(2,7-5-19-16-33-17-23(29)24(19)30)9-11-31-13-14-32-12-10-26(3,4)8-6-20-15-21(27)22(28)18-34-20/h15-18,28-29H,5-14H2,1-4H3. The minimum atomic E-state index is -0.421. The van der Waals surface area contributed by atoms with Gasteiger partial charge in [0.25, 0.3) is 0 Å². The van der Waals surface area contributed by atoms with Crippen LogP contribution in [0.4, 0.5) is 0 Å². The molecule has 2 rings (SSSR count). The maximum absolute atomic E-state index is 11.9. The van der Waals surface area contributed by atoms with E-state index in [0.717, 1.165) is 38.2 Å². The van der Waals surface area contributed by atoms with Gasteiger partial charge in [-0.15, -0.1) is 0 Å². The molecule has 34 heavy (non-hydrogen) atoms. The maximum atomic E-state index is 11.9. The van der Waals surface area contributed by atoms with Crippen LogP contribution in [0.3, 0.4) is 0 Å². The zero-order valence-corrected chi connectivity index (χ0v) is 20.7. The highest BCUT2D eigenvalue weighted by atomic mass is 16.5. The molecule has 0 atom stereocenters. The van der Waals surface area contributed by atoms with Crippen LogP contribution in [0.5, 0.6) is 11.5 Å². The molecular weight excluding hydrogens is 440 g/mol. The van der Waals surface area contributed by atoms with Gasteiger partial charge in [0.15, 0.2) is 11.5 Å². The molecule has 2 aromatic rings. The Hall–Kier alpha value is -2.58. The Labute approximate surface area is 200 Å². The lowest BCUT2D eigenvalue weighted by molar-refractivity contribution is 0.0275. The van der Waals surface area contributed by atoms with Crippen LogP contribution in [-0.2, 0) is 22.3 Å². The fraction of sp³-hybridized carbons (Fsp3) is 0.615. The van der Waals surface area contributed by atoms with Crippen molar-refractivity contribution in [3.8, 4) is 11.5 Å². The van der Waals surface area contributed by atoms with Crippen molar-refractivity contribution in [1.29, 1.82) is 0 Å². The van der Waals surface area contributed by atoms with Crippen molar-refractivity contribution < 1.29 is 28.5 Å². The monoisotopic (exact) mass is 478 g/mol. The molecule has 0 aromatic carbocycles. The second-order valence-electron chi connectivity index (χ2n) is 10.3. The molecule has 190 valence electrons. The van der Waals surface area contributed by atoms with Gasteiger partial charge in [-0.05, 0) is 42.9 Å². The Morgan fingerprint density at radius 3 is 1.94 bits per heavy atom. The van der Waals surface area contributed by atoms with Gasteiger partial charge >= 0.3 is 0 Å². The van der Waals surface area contributed by atoms with E-state index in [0.29, 0.717) is 50.6 Å². The van der Waals surface area contributed by atoms with Gasteiger partial charge in [0.2, 0.25) is 10.9 Å². The summed E-state index contributed by atoms with van der Waals surface area (Å²) in [6.07, 6.45) is 8.03. The lowest BCUT2D eigenvalue weighted by Crippen LogP contribution is -2.19. The van der Waals surface area contributed by atoms with E-state index >= 15 is 0 Å². The van der Waals surface area contributed by atoms with Crippen molar-refractivity contribution in [1.82, 2.24) is 0 Å². The summed E-state index contributed by atoms with van der Waals surface area (Å²) in [7, 11) is 0. The average molecular weight is 479 g/mol. The lowest BCUT2D eigenvalue weighted by Gasteiger charge is -2.25. The summed E-state index contributed by atoms with van der Waals surface area (Å²) >= 11 is 0. The molecule has 0 aliphatic rings. The quantitative estimate of drug-likeness (QED) is 0.361. The van der Waals surface area contributed by atoms with E-state index < -0.39 is 5.43 Å². The highest BCUT2D eigenvalue weighted by molar-refractivity contribution is 5.20. The first kappa shape index (κ1) is 27.7. The topological polar surface area (TPSA) is 119 Å². The van der Waals surface area contributed by atoms with Crippen LogP contribution < -0.4 is 10.9 Å². The summed E-state index contributed by atoms with van der Waals surface area (Å²) in [5, 5.41) is 18.7. The molecule has 0 aliphatic carbocycles. The maximum Gasteiger partial charge on any atom is 0.229 e.